The van der Waals surface area contributed by atoms with Crippen molar-refractivity contribution in [2.24, 2.45) is 5.73 Å². The molecule has 2 heteroatoms. The predicted molar refractivity (Wildman–Crippen MR) is 68.1 cm³/mol. The first-order valence-electron chi connectivity index (χ1n) is 5.69. The summed E-state index contributed by atoms with van der Waals surface area (Å²) >= 11 is 2.02. The lowest BCUT2D eigenvalue weighted by Crippen LogP contribution is -2.14. The zero-order valence-electron chi connectivity index (χ0n) is 9.49. The minimum Gasteiger partial charge on any atom is -0.324 e. The van der Waals surface area contributed by atoms with Gasteiger partial charge in [-0.05, 0) is 29.5 Å². The summed E-state index contributed by atoms with van der Waals surface area (Å²) in [4.78, 5) is 0. The molecule has 1 aliphatic heterocycles. The average Bonchev–Trinajstić information content (AvgIpc) is 2.38. The van der Waals surface area contributed by atoms with Gasteiger partial charge < -0.3 is 5.73 Å². The van der Waals surface area contributed by atoms with Crippen LogP contribution >= 0.6 is 11.8 Å². The van der Waals surface area contributed by atoms with E-state index in [-0.39, 0.29) is 6.04 Å². The van der Waals surface area contributed by atoms with Crippen LogP contribution in [0.25, 0.3) is 0 Å². The van der Waals surface area contributed by atoms with Gasteiger partial charge in [0.25, 0.3) is 0 Å². The highest BCUT2D eigenvalue weighted by Crippen LogP contribution is 2.33. The Hall–Kier alpha value is -0.470. The van der Waals surface area contributed by atoms with E-state index in [1.807, 2.05) is 11.8 Å². The maximum Gasteiger partial charge on any atom is 0.0308 e. The highest BCUT2D eigenvalue weighted by molar-refractivity contribution is 7.99. The Balaban J connectivity index is 2.36. The molecular formula is C13H19NS. The van der Waals surface area contributed by atoms with Crippen molar-refractivity contribution in [3.8, 4) is 0 Å². The second-order valence-electron chi connectivity index (χ2n) is 4.35. The minimum absolute atomic E-state index is 0.233. The lowest BCUT2D eigenvalue weighted by molar-refractivity contribution is 0.650. The summed E-state index contributed by atoms with van der Waals surface area (Å²) in [5, 5.41) is 0.678. The van der Waals surface area contributed by atoms with Crippen LogP contribution in [0, 0.1) is 0 Å². The molecule has 1 heterocycles. The van der Waals surface area contributed by atoms with Crippen LogP contribution < -0.4 is 5.73 Å². The van der Waals surface area contributed by atoms with E-state index in [1.54, 1.807) is 0 Å². The van der Waals surface area contributed by atoms with Crippen LogP contribution in [0.4, 0.5) is 0 Å². The van der Waals surface area contributed by atoms with E-state index in [1.165, 1.54) is 16.7 Å². The monoisotopic (exact) mass is 221 g/mol. The molecule has 2 atom stereocenters. The zero-order valence-corrected chi connectivity index (χ0v) is 10.3. The molecule has 15 heavy (non-hydrogen) atoms. The van der Waals surface area contributed by atoms with Crippen molar-refractivity contribution in [3.05, 3.63) is 34.9 Å². The summed E-state index contributed by atoms with van der Waals surface area (Å²) in [5.41, 5.74) is 10.5. The van der Waals surface area contributed by atoms with Crippen molar-refractivity contribution in [3.63, 3.8) is 0 Å². The molecule has 0 amide bonds. The summed E-state index contributed by atoms with van der Waals surface area (Å²) in [6, 6.07) is 7.04. The molecule has 1 aliphatic rings. The summed E-state index contributed by atoms with van der Waals surface area (Å²) in [5.74, 6) is 1.12. The van der Waals surface area contributed by atoms with Crippen molar-refractivity contribution in [1.82, 2.24) is 0 Å². The van der Waals surface area contributed by atoms with Crippen LogP contribution in [0.3, 0.4) is 0 Å². The Morgan fingerprint density at radius 1 is 1.47 bits per heavy atom. The number of hydrogen-bond acceptors (Lipinski definition) is 2. The van der Waals surface area contributed by atoms with Crippen LogP contribution in [0.2, 0.25) is 0 Å². The van der Waals surface area contributed by atoms with Crippen LogP contribution in [0.1, 0.15) is 43.0 Å². The van der Waals surface area contributed by atoms with Gasteiger partial charge in [-0.3, -0.25) is 0 Å². The Kier molecular flexibility index (Phi) is 3.37. The smallest absolute Gasteiger partial charge is 0.0308 e. The Morgan fingerprint density at radius 2 is 2.27 bits per heavy atom. The fourth-order valence-electron chi connectivity index (χ4n) is 2.13. The normalized spacial score (nSPS) is 25.8. The SMILES string of the molecule is CCc1ccc2c(c1)[C@H](N)CC(C)SC2. The number of hydrogen-bond donors (Lipinski definition) is 1. The number of nitrogens with two attached hydrogens (primary N) is 1. The van der Waals surface area contributed by atoms with Crippen LogP contribution in [0.15, 0.2) is 18.2 Å². The van der Waals surface area contributed by atoms with E-state index in [0.717, 1.165) is 18.6 Å². The first kappa shape index (κ1) is 11.0. The van der Waals surface area contributed by atoms with Gasteiger partial charge in [-0.15, -0.1) is 0 Å². The van der Waals surface area contributed by atoms with Crippen molar-refractivity contribution in [2.45, 2.75) is 43.7 Å². The predicted octanol–water partition coefficient (Wildman–Crippen LogP) is 3.27. The van der Waals surface area contributed by atoms with Crippen LogP contribution in [-0.2, 0) is 12.2 Å². The molecule has 2 N–H and O–H groups in total. The van der Waals surface area contributed by atoms with E-state index in [2.05, 4.69) is 32.0 Å². The second-order valence-corrected chi connectivity index (χ2v) is 5.78. The van der Waals surface area contributed by atoms with E-state index in [4.69, 9.17) is 5.73 Å². The molecular weight excluding hydrogens is 202 g/mol. The fraction of sp³-hybridized carbons (Fsp3) is 0.538. The second kappa shape index (κ2) is 4.58. The van der Waals surface area contributed by atoms with Crippen molar-refractivity contribution in [2.75, 3.05) is 0 Å². The largest absolute Gasteiger partial charge is 0.324 e. The van der Waals surface area contributed by atoms with Gasteiger partial charge in [-0.25, -0.2) is 0 Å². The van der Waals surface area contributed by atoms with Gasteiger partial charge in [0, 0.05) is 17.0 Å². The molecule has 2 rings (SSSR count). The molecule has 1 aromatic rings. The summed E-state index contributed by atoms with van der Waals surface area (Å²) < 4.78 is 0. The Labute approximate surface area is 96.4 Å². The van der Waals surface area contributed by atoms with Gasteiger partial charge in [0.05, 0.1) is 0 Å². The molecule has 0 radical (unpaired) electrons. The first-order valence-corrected chi connectivity index (χ1v) is 6.74. The number of rotatable bonds is 1. The average molecular weight is 221 g/mol. The number of fused-ring (bicyclic) bond motifs is 1. The van der Waals surface area contributed by atoms with E-state index in [0.29, 0.717) is 5.25 Å². The van der Waals surface area contributed by atoms with Gasteiger partial charge in [0.1, 0.15) is 0 Å². The molecule has 0 saturated carbocycles. The maximum atomic E-state index is 6.25. The van der Waals surface area contributed by atoms with Gasteiger partial charge in [-0.1, -0.05) is 32.0 Å². The summed E-state index contributed by atoms with van der Waals surface area (Å²) in [7, 11) is 0. The highest BCUT2D eigenvalue weighted by Gasteiger charge is 2.19. The Bertz CT molecular complexity index is 348. The van der Waals surface area contributed by atoms with Crippen molar-refractivity contribution in [1.29, 1.82) is 0 Å². The third-order valence-corrected chi connectivity index (χ3v) is 4.37. The number of benzene rings is 1. The van der Waals surface area contributed by atoms with Crippen LogP contribution in [-0.4, -0.2) is 5.25 Å². The van der Waals surface area contributed by atoms with Crippen molar-refractivity contribution < 1.29 is 0 Å². The topological polar surface area (TPSA) is 26.0 Å². The molecule has 0 aromatic heterocycles. The van der Waals surface area contributed by atoms with E-state index < -0.39 is 0 Å². The molecule has 1 aromatic carbocycles. The fourth-order valence-corrected chi connectivity index (χ4v) is 3.20. The quantitative estimate of drug-likeness (QED) is 0.787. The maximum absolute atomic E-state index is 6.25. The molecule has 0 saturated heterocycles. The third kappa shape index (κ3) is 2.37. The molecule has 0 spiro atoms. The third-order valence-electron chi connectivity index (χ3n) is 3.13. The lowest BCUT2D eigenvalue weighted by atomic mass is 9.96. The molecule has 0 bridgehead atoms. The molecule has 82 valence electrons. The molecule has 1 nitrogen and oxygen atoms in total. The van der Waals surface area contributed by atoms with Gasteiger partial charge in [-0.2, -0.15) is 11.8 Å². The van der Waals surface area contributed by atoms with Crippen molar-refractivity contribution >= 4 is 11.8 Å². The number of aryl methyl sites for hydroxylation is 1. The van der Waals surface area contributed by atoms with Gasteiger partial charge in [0.2, 0.25) is 0 Å². The van der Waals surface area contributed by atoms with Gasteiger partial charge in [0.15, 0.2) is 0 Å². The van der Waals surface area contributed by atoms with Crippen LogP contribution in [0.5, 0.6) is 0 Å². The van der Waals surface area contributed by atoms with Gasteiger partial charge >= 0.3 is 0 Å². The minimum atomic E-state index is 0.233. The highest BCUT2D eigenvalue weighted by atomic mass is 32.2. The molecule has 1 unspecified atom stereocenters. The van der Waals surface area contributed by atoms with E-state index >= 15 is 0 Å². The Morgan fingerprint density at radius 3 is 3.00 bits per heavy atom. The summed E-state index contributed by atoms with van der Waals surface area (Å²) in [6.07, 6.45) is 2.20. The molecule has 0 aliphatic carbocycles. The lowest BCUT2D eigenvalue weighted by Gasteiger charge is -2.14. The summed E-state index contributed by atoms with van der Waals surface area (Å²) in [6.45, 7) is 4.47. The zero-order chi connectivity index (χ0) is 10.8. The first-order chi connectivity index (χ1) is 7.20. The standard InChI is InChI=1S/C13H19NS/c1-3-10-4-5-11-8-15-9(2)6-13(14)12(11)7-10/h4-5,7,9,13H,3,6,8,14H2,1-2H3/t9?,13-/m1/s1. The molecule has 0 fully saturated rings. The number of thioether (sulfide) groups is 1. The van der Waals surface area contributed by atoms with E-state index in [9.17, 15) is 0 Å².